The summed E-state index contributed by atoms with van der Waals surface area (Å²) in [5.74, 6) is 1.66. The number of hydrogen-bond acceptors (Lipinski definition) is 3. The number of nitrogens with one attached hydrogen (secondary N) is 1. The third-order valence-corrected chi connectivity index (χ3v) is 4.20. The van der Waals surface area contributed by atoms with Crippen LogP contribution in [-0.4, -0.2) is 16.6 Å². The summed E-state index contributed by atoms with van der Waals surface area (Å²) in [6, 6.07) is 2.08. The van der Waals surface area contributed by atoms with Crippen molar-refractivity contribution in [1.29, 1.82) is 0 Å². The first-order chi connectivity index (χ1) is 9.85. The molecule has 1 saturated carbocycles. The van der Waals surface area contributed by atoms with Gasteiger partial charge < -0.3 is 10.1 Å². The molecule has 118 valence electrons. The summed E-state index contributed by atoms with van der Waals surface area (Å²) < 4.78 is 6.36. The molecule has 1 aromatic rings. The first-order valence-electron chi connectivity index (χ1n) is 8.22. The van der Waals surface area contributed by atoms with Gasteiger partial charge in [0.2, 0.25) is 0 Å². The zero-order valence-electron chi connectivity index (χ0n) is 14.2. The Morgan fingerprint density at radius 1 is 1.29 bits per heavy atom. The number of nitrogens with zero attached hydrogens (tertiary/aromatic N) is 1. The van der Waals surface area contributed by atoms with E-state index in [4.69, 9.17) is 4.74 Å². The van der Waals surface area contributed by atoms with E-state index in [1.54, 1.807) is 0 Å². The van der Waals surface area contributed by atoms with E-state index in [1.807, 2.05) is 13.1 Å². The largest absolute Gasteiger partial charge is 0.490 e. The van der Waals surface area contributed by atoms with E-state index in [2.05, 4.69) is 44.1 Å². The molecular weight excluding hydrogens is 260 g/mol. The van der Waals surface area contributed by atoms with Crippen molar-refractivity contribution in [1.82, 2.24) is 10.3 Å². The normalized spacial score (nSPS) is 23.1. The maximum absolute atomic E-state index is 6.36. The molecule has 3 nitrogen and oxygen atoms in total. The molecule has 0 bridgehead atoms. The van der Waals surface area contributed by atoms with E-state index in [9.17, 15) is 0 Å². The topological polar surface area (TPSA) is 34.1 Å². The van der Waals surface area contributed by atoms with E-state index < -0.39 is 0 Å². The van der Waals surface area contributed by atoms with Crippen molar-refractivity contribution < 1.29 is 4.74 Å². The number of ether oxygens (including phenoxy) is 1. The highest BCUT2D eigenvalue weighted by Gasteiger charge is 2.24. The van der Waals surface area contributed by atoms with Crippen molar-refractivity contribution in [3.8, 4) is 5.75 Å². The van der Waals surface area contributed by atoms with Gasteiger partial charge in [0.15, 0.2) is 0 Å². The maximum atomic E-state index is 6.36. The van der Waals surface area contributed by atoms with Crippen LogP contribution < -0.4 is 10.1 Å². The van der Waals surface area contributed by atoms with Crippen molar-refractivity contribution in [2.24, 2.45) is 5.92 Å². The lowest BCUT2D eigenvalue weighted by atomic mass is 9.88. The van der Waals surface area contributed by atoms with Gasteiger partial charge in [0, 0.05) is 35.6 Å². The Morgan fingerprint density at radius 2 is 2.00 bits per heavy atom. The first-order valence-corrected chi connectivity index (χ1v) is 8.22. The number of pyridine rings is 1. The summed E-state index contributed by atoms with van der Waals surface area (Å²) in [4.78, 5) is 4.43. The predicted octanol–water partition coefficient (Wildman–Crippen LogP) is 4.24. The Labute approximate surface area is 129 Å². The third-order valence-electron chi connectivity index (χ3n) is 4.20. The lowest BCUT2D eigenvalue weighted by Crippen LogP contribution is -2.35. The second-order valence-electron chi connectivity index (χ2n) is 7.46. The molecule has 0 spiro atoms. The summed E-state index contributed by atoms with van der Waals surface area (Å²) in [6.07, 6.45) is 7.40. The van der Waals surface area contributed by atoms with Crippen LogP contribution in [0.4, 0.5) is 0 Å². The van der Waals surface area contributed by atoms with Gasteiger partial charge in [-0.15, -0.1) is 0 Å². The molecule has 21 heavy (non-hydrogen) atoms. The summed E-state index contributed by atoms with van der Waals surface area (Å²) in [5.41, 5.74) is 2.28. The first kappa shape index (κ1) is 16.3. The molecule has 2 rings (SSSR count). The molecule has 0 radical (unpaired) electrons. The number of hydrogen-bond donors (Lipinski definition) is 1. The van der Waals surface area contributed by atoms with Crippen LogP contribution in [0.2, 0.25) is 0 Å². The van der Waals surface area contributed by atoms with E-state index in [0.29, 0.717) is 12.0 Å². The Bertz CT molecular complexity index is 465. The van der Waals surface area contributed by atoms with Gasteiger partial charge in [-0.25, -0.2) is 0 Å². The standard InChI is InChI=1S/C18H30N2O/c1-13-8-6-7-9-16(13)21-17-10-14(2)19-11-15(17)12-20-18(3,4)5/h10-11,13,16,20H,6-9,12H2,1-5H3. The van der Waals surface area contributed by atoms with E-state index in [1.165, 1.54) is 25.7 Å². The summed E-state index contributed by atoms with van der Waals surface area (Å²) in [5, 5.41) is 3.53. The van der Waals surface area contributed by atoms with E-state index in [0.717, 1.165) is 23.6 Å². The molecule has 1 heterocycles. The van der Waals surface area contributed by atoms with Crippen LogP contribution >= 0.6 is 0 Å². The Kier molecular flexibility index (Phi) is 5.26. The van der Waals surface area contributed by atoms with Gasteiger partial charge in [-0.1, -0.05) is 13.3 Å². The van der Waals surface area contributed by atoms with Crippen LogP contribution in [0.1, 0.15) is 64.6 Å². The molecule has 0 saturated heterocycles. The smallest absolute Gasteiger partial charge is 0.127 e. The molecule has 1 aliphatic rings. The van der Waals surface area contributed by atoms with Gasteiger partial charge in [0.25, 0.3) is 0 Å². The van der Waals surface area contributed by atoms with Crippen LogP contribution in [0.5, 0.6) is 5.75 Å². The zero-order valence-corrected chi connectivity index (χ0v) is 14.2. The molecule has 1 aliphatic carbocycles. The lowest BCUT2D eigenvalue weighted by molar-refractivity contribution is 0.101. The Balaban J connectivity index is 2.11. The fourth-order valence-electron chi connectivity index (χ4n) is 2.79. The second-order valence-corrected chi connectivity index (χ2v) is 7.46. The van der Waals surface area contributed by atoms with Crippen LogP contribution in [0.25, 0.3) is 0 Å². The third kappa shape index (κ3) is 4.99. The Morgan fingerprint density at radius 3 is 2.67 bits per heavy atom. The van der Waals surface area contributed by atoms with Crippen molar-refractivity contribution >= 4 is 0 Å². The molecule has 0 aromatic carbocycles. The lowest BCUT2D eigenvalue weighted by Gasteiger charge is -2.30. The number of rotatable bonds is 4. The molecule has 1 N–H and O–H groups in total. The predicted molar refractivity (Wildman–Crippen MR) is 87.6 cm³/mol. The monoisotopic (exact) mass is 290 g/mol. The molecule has 3 heteroatoms. The average molecular weight is 290 g/mol. The quantitative estimate of drug-likeness (QED) is 0.900. The SMILES string of the molecule is Cc1cc(OC2CCCCC2C)c(CNC(C)(C)C)cn1. The average Bonchev–Trinajstić information content (AvgIpc) is 2.39. The fourth-order valence-corrected chi connectivity index (χ4v) is 2.79. The van der Waals surface area contributed by atoms with Crippen LogP contribution in [0.15, 0.2) is 12.3 Å². The fraction of sp³-hybridized carbons (Fsp3) is 0.722. The molecule has 0 amide bonds. The number of aryl methyl sites for hydroxylation is 1. The minimum absolute atomic E-state index is 0.0975. The summed E-state index contributed by atoms with van der Waals surface area (Å²) in [7, 11) is 0. The van der Waals surface area contributed by atoms with Gasteiger partial charge >= 0.3 is 0 Å². The van der Waals surface area contributed by atoms with Crippen LogP contribution in [0, 0.1) is 12.8 Å². The highest BCUT2D eigenvalue weighted by molar-refractivity contribution is 5.33. The van der Waals surface area contributed by atoms with Crippen molar-refractivity contribution in [3.63, 3.8) is 0 Å². The highest BCUT2D eigenvalue weighted by atomic mass is 16.5. The molecule has 0 aliphatic heterocycles. The molecule has 2 atom stereocenters. The van der Waals surface area contributed by atoms with Gasteiger partial charge in [-0.3, -0.25) is 4.98 Å². The zero-order chi connectivity index (χ0) is 15.5. The van der Waals surface area contributed by atoms with Crippen LogP contribution in [-0.2, 0) is 6.54 Å². The second kappa shape index (κ2) is 6.78. The molecular formula is C18H30N2O. The van der Waals surface area contributed by atoms with Crippen LogP contribution in [0.3, 0.4) is 0 Å². The van der Waals surface area contributed by atoms with E-state index >= 15 is 0 Å². The summed E-state index contributed by atoms with van der Waals surface area (Å²) in [6.45, 7) is 11.7. The number of aromatic nitrogens is 1. The highest BCUT2D eigenvalue weighted by Crippen LogP contribution is 2.30. The van der Waals surface area contributed by atoms with Crippen molar-refractivity contribution in [2.45, 2.75) is 78.5 Å². The van der Waals surface area contributed by atoms with Gasteiger partial charge in [-0.05, 0) is 52.9 Å². The van der Waals surface area contributed by atoms with Crippen molar-refractivity contribution in [2.75, 3.05) is 0 Å². The minimum atomic E-state index is 0.0975. The molecule has 2 unspecified atom stereocenters. The van der Waals surface area contributed by atoms with Gasteiger partial charge in [-0.2, -0.15) is 0 Å². The Hall–Kier alpha value is -1.09. The minimum Gasteiger partial charge on any atom is -0.490 e. The van der Waals surface area contributed by atoms with Crippen molar-refractivity contribution in [3.05, 3.63) is 23.5 Å². The summed E-state index contributed by atoms with van der Waals surface area (Å²) >= 11 is 0. The maximum Gasteiger partial charge on any atom is 0.127 e. The molecule has 1 fully saturated rings. The van der Waals surface area contributed by atoms with Gasteiger partial charge in [0.05, 0.1) is 0 Å². The molecule has 1 aromatic heterocycles. The van der Waals surface area contributed by atoms with E-state index in [-0.39, 0.29) is 5.54 Å². The van der Waals surface area contributed by atoms with Gasteiger partial charge in [0.1, 0.15) is 11.9 Å².